The lowest BCUT2D eigenvalue weighted by atomic mass is 9.84. The Labute approximate surface area is 136 Å². The number of benzene rings is 1. The van der Waals surface area contributed by atoms with E-state index in [0.29, 0.717) is 30.1 Å². The molecule has 2 rings (SSSR count). The van der Waals surface area contributed by atoms with Gasteiger partial charge in [0.05, 0.1) is 12.2 Å². The summed E-state index contributed by atoms with van der Waals surface area (Å²) in [6.07, 6.45) is 5.60. The van der Waals surface area contributed by atoms with Gasteiger partial charge in [0.15, 0.2) is 0 Å². The third-order valence-electron chi connectivity index (χ3n) is 4.50. The molecule has 0 saturated heterocycles. The second kappa shape index (κ2) is 8.80. The maximum absolute atomic E-state index is 13.3. The second-order valence-corrected chi connectivity index (χ2v) is 6.08. The maximum Gasteiger partial charge on any atom is 0.338 e. The normalized spacial score (nSPS) is 15.3. The number of esters is 1. The van der Waals surface area contributed by atoms with Gasteiger partial charge < -0.3 is 4.74 Å². The summed E-state index contributed by atoms with van der Waals surface area (Å²) < 4.78 is 31.5. The first-order valence-electron chi connectivity index (χ1n) is 8.43. The number of rotatable bonds is 6. The van der Waals surface area contributed by atoms with Crippen molar-refractivity contribution in [2.45, 2.75) is 51.9 Å². The first-order chi connectivity index (χ1) is 11.1. The molecule has 0 heterocycles. The molecule has 1 fully saturated rings. The number of ether oxygens (including phenoxy) is 1. The van der Waals surface area contributed by atoms with Crippen LogP contribution >= 0.6 is 0 Å². The van der Waals surface area contributed by atoms with E-state index in [9.17, 15) is 13.6 Å². The van der Waals surface area contributed by atoms with Crippen molar-refractivity contribution >= 4 is 11.5 Å². The molecular formula is C19H24F2O2. The zero-order valence-corrected chi connectivity index (χ0v) is 13.6. The van der Waals surface area contributed by atoms with Crippen LogP contribution in [0.25, 0.3) is 5.57 Å². The van der Waals surface area contributed by atoms with E-state index >= 15 is 0 Å². The molecule has 2 nitrogen and oxygen atoms in total. The van der Waals surface area contributed by atoms with Gasteiger partial charge in [-0.2, -0.15) is 8.78 Å². The Morgan fingerprint density at radius 2 is 1.70 bits per heavy atom. The van der Waals surface area contributed by atoms with Gasteiger partial charge in [0, 0.05) is 5.57 Å². The predicted octanol–water partition coefficient (Wildman–Crippen LogP) is 5.83. The summed E-state index contributed by atoms with van der Waals surface area (Å²) in [6, 6.07) is 6.27. The van der Waals surface area contributed by atoms with Crippen molar-refractivity contribution < 1.29 is 18.3 Å². The fourth-order valence-electron chi connectivity index (χ4n) is 3.19. The summed E-state index contributed by atoms with van der Waals surface area (Å²) >= 11 is 0. The second-order valence-electron chi connectivity index (χ2n) is 6.08. The molecule has 0 radical (unpaired) electrons. The smallest absolute Gasteiger partial charge is 0.338 e. The minimum atomic E-state index is -1.62. The van der Waals surface area contributed by atoms with E-state index < -0.39 is 12.0 Å². The monoisotopic (exact) mass is 322 g/mol. The molecule has 1 saturated carbocycles. The number of hydrogen-bond acceptors (Lipinski definition) is 2. The molecule has 0 unspecified atom stereocenters. The fourth-order valence-corrected chi connectivity index (χ4v) is 3.19. The molecule has 1 aliphatic carbocycles. The molecule has 4 heteroatoms. The van der Waals surface area contributed by atoms with Gasteiger partial charge in [-0.15, -0.1) is 0 Å². The predicted molar refractivity (Wildman–Crippen MR) is 87.3 cm³/mol. The first kappa shape index (κ1) is 17.6. The summed E-state index contributed by atoms with van der Waals surface area (Å²) in [6.45, 7) is 2.03. The Morgan fingerprint density at radius 3 is 2.26 bits per heavy atom. The fraction of sp³-hybridized carbons (Fsp3) is 0.526. The van der Waals surface area contributed by atoms with Crippen LogP contribution in [0.4, 0.5) is 8.78 Å². The lowest BCUT2D eigenvalue weighted by molar-refractivity contribution is 0.0526. The van der Waals surface area contributed by atoms with Gasteiger partial charge in [0.2, 0.25) is 0 Å². The average molecular weight is 322 g/mol. The zero-order chi connectivity index (χ0) is 16.7. The molecule has 0 aliphatic heterocycles. The van der Waals surface area contributed by atoms with E-state index in [-0.39, 0.29) is 5.57 Å². The van der Waals surface area contributed by atoms with Gasteiger partial charge in [-0.05, 0) is 43.4 Å². The molecule has 126 valence electrons. The van der Waals surface area contributed by atoms with Crippen molar-refractivity contribution in [3.8, 4) is 0 Å². The quantitative estimate of drug-likeness (QED) is 0.616. The molecule has 0 spiro atoms. The molecule has 1 aromatic carbocycles. The minimum Gasteiger partial charge on any atom is -0.462 e. The van der Waals surface area contributed by atoms with E-state index in [1.54, 1.807) is 31.2 Å². The number of allylic oxidation sites excluding steroid dienone is 1. The highest BCUT2D eigenvalue weighted by atomic mass is 19.3. The number of hydrogen-bond donors (Lipinski definition) is 0. The van der Waals surface area contributed by atoms with Crippen LogP contribution in [-0.2, 0) is 4.74 Å². The van der Waals surface area contributed by atoms with E-state index in [1.807, 2.05) is 0 Å². The van der Waals surface area contributed by atoms with Crippen molar-refractivity contribution in [2.24, 2.45) is 5.92 Å². The lowest BCUT2D eigenvalue weighted by Gasteiger charge is -2.21. The molecule has 0 amide bonds. The van der Waals surface area contributed by atoms with Gasteiger partial charge in [0.25, 0.3) is 6.08 Å². The molecule has 0 aromatic heterocycles. The highest BCUT2D eigenvalue weighted by Crippen LogP contribution is 2.33. The van der Waals surface area contributed by atoms with Gasteiger partial charge in [-0.3, -0.25) is 0 Å². The Morgan fingerprint density at radius 1 is 1.09 bits per heavy atom. The van der Waals surface area contributed by atoms with Crippen molar-refractivity contribution in [2.75, 3.05) is 6.61 Å². The SMILES string of the molecule is CCOC(=O)c1ccc(C(CCC2CCCCC2)=C(F)F)cc1. The highest BCUT2D eigenvalue weighted by Gasteiger charge is 2.17. The zero-order valence-electron chi connectivity index (χ0n) is 13.6. The summed E-state index contributed by atoms with van der Waals surface area (Å²) in [5.41, 5.74) is 0.987. The largest absolute Gasteiger partial charge is 0.462 e. The number of halogens is 2. The summed E-state index contributed by atoms with van der Waals surface area (Å²) in [4.78, 5) is 11.6. The van der Waals surface area contributed by atoms with Crippen molar-refractivity contribution in [3.63, 3.8) is 0 Å². The Kier molecular flexibility index (Phi) is 6.75. The summed E-state index contributed by atoms with van der Waals surface area (Å²) in [5, 5.41) is 0. The lowest BCUT2D eigenvalue weighted by Crippen LogP contribution is -2.06. The number of carbonyl (C=O) groups is 1. The van der Waals surface area contributed by atoms with Crippen molar-refractivity contribution in [1.29, 1.82) is 0 Å². The molecule has 0 bridgehead atoms. The van der Waals surface area contributed by atoms with Crippen LogP contribution in [0.15, 0.2) is 30.3 Å². The molecule has 23 heavy (non-hydrogen) atoms. The first-order valence-corrected chi connectivity index (χ1v) is 8.43. The molecule has 1 aliphatic rings. The van der Waals surface area contributed by atoms with Crippen LogP contribution in [0.5, 0.6) is 0 Å². The van der Waals surface area contributed by atoms with E-state index in [1.165, 1.54) is 19.3 Å². The topological polar surface area (TPSA) is 26.3 Å². The minimum absolute atomic E-state index is 0.103. The van der Waals surface area contributed by atoms with Crippen LogP contribution in [0, 0.1) is 5.92 Å². The van der Waals surface area contributed by atoms with Crippen LogP contribution in [-0.4, -0.2) is 12.6 Å². The van der Waals surface area contributed by atoms with Gasteiger partial charge in [-0.25, -0.2) is 4.79 Å². The Balaban J connectivity index is 2.03. The summed E-state index contributed by atoms with van der Waals surface area (Å²) in [5.74, 6) is 0.143. The van der Waals surface area contributed by atoms with E-state index in [2.05, 4.69) is 0 Å². The highest BCUT2D eigenvalue weighted by molar-refractivity contribution is 5.89. The van der Waals surface area contributed by atoms with Crippen LogP contribution in [0.3, 0.4) is 0 Å². The number of carbonyl (C=O) groups excluding carboxylic acids is 1. The van der Waals surface area contributed by atoms with E-state index in [4.69, 9.17) is 4.74 Å². The third kappa shape index (κ3) is 5.15. The molecular weight excluding hydrogens is 298 g/mol. The van der Waals surface area contributed by atoms with Gasteiger partial charge >= 0.3 is 5.97 Å². The van der Waals surface area contributed by atoms with Gasteiger partial charge in [-0.1, -0.05) is 44.2 Å². The molecule has 0 N–H and O–H groups in total. The molecule has 0 atom stereocenters. The van der Waals surface area contributed by atoms with Crippen LogP contribution < -0.4 is 0 Å². The Hall–Kier alpha value is -1.71. The van der Waals surface area contributed by atoms with Crippen LogP contribution in [0.2, 0.25) is 0 Å². The molecule has 1 aromatic rings. The van der Waals surface area contributed by atoms with Crippen molar-refractivity contribution in [3.05, 3.63) is 41.5 Å². The standard InChI is InChI=1S/C19H24F2O2/c1-2-23-19(22)16-11-9-15(10-12-16)17(18(20)21)13-8-14-6-4-3-5-7-14/h9-12,14H,2-8,13H2,1H3. The average Bonchev–Trinajstić information content (AvgIpc) is 2.56. The van der Waals surface area contributed by atoms with Gasteiger partial charge in [0.1, 0.15) is 0 Å². The van der Waals surface area contributed by atoms with Crippen molar-refractivity contribution in [1.82, 2.24) is 0 Å². The van der Waals surface area contributed by atoms with Crippen LogP contribution in [0.1, 0.15) is 67.8 Å². The Bertz CT molecular complexity index is 539. The summed E-state index contributed by atoms with van der Waals surface area (Å²) in [7, 11) is 0. The third-order valence-corrected chi connectivity index (χ3v) is 4.50. The maximum atomic E-state index is 13.3. The van der Waals surface area contributed by atoms with E-state index in [0.717, 1.165) is 19.3 Å².